The first-order chi connectivity index (χ1) is 11.6. The van der Waals surface area contributed by atoms with Gasteiger partial charge in [-0.1, -0.05) is 29.8 Å². The van der Waals surface area contributed by atoms with Crippen molar-refractivity contribution in [3.05, 3.63) is 67.7 Å². The van der Waals surface area contributed by atoms with E-state index in [4.69, 9.17) is 11.6 Å². The molecule has 3 heterocycles. The Morgan fingerprint density at radius 3 is 2.71 bits per heavy atom. The first-order valence-electron chi connectivity index (χ1n) is 7.28. The molecule has 3 aromatic heterocycles. The lowest BCUT2D eigenvalue weighted by Gasteiger charge is -2.07. The number of aromatic nitrogens is 3. The van der Waals surface area contributed by atoms with Crippen molar-refractivity contribution in [2.45, 2.75) is 13.5 Å². The Labute approximate surface area is 151 Å². The van der Waals surface area contributed by atoms with Crippen LogP contribution in [0.2, 0.25) is 5.02 Å². The average Bonchev–Trinajstić information content (AvgIpc) is 3.22. The Bertz CT molecular complexity index is 1070. The number of halogens is 1. The van der Waals surface area contributed by atoms with Gasteiger partial charge in [-0.2, -0.15) is 5.10 Å². The van der Waals surface area contributed by atoms with Gasteiger partial charge >= 0.3 is 0 Å². The van der Waals surface area contributed by atoms with E-state index in [0.29, 0.717) is 17.1 Å². The maximum Gasteiger partial charge on any atom is 0.294 e. The minimum absolute atomic E-state index is 0.162. The van der Waals surface area contributed by atoms with Gasteiger partial charge in [0.2, 0.25) is 0 Å². The molecule has 0 N–H and O–H groups in total. The Kier molecular flexibility index (Phi) is 3.96. The zero-order valence-corrected chi connectivity index (χ0v) is 15.1. The van der Waals surface area contributed by atoms with Crippen LogP contribution in [0.1, 0.15) is 10.6 Å². The van der Waals surface area contributed by atoms with E-state index in [1.807, 2.05) is 48.7 Å². The van der Waals surface area contributed by atoms with Crippen molar-refractivity contribution < 1.29 is 0 Å². The minimum Gasteiger partial charge on any atom is -0.265 e. The third-order valence-corrected chi connectivity index (χ3v) is 5.71. The topological polar surface area (TPSA) is 47.8 Å². The van der Waals surface area contributed by atoms with E-state index in [2.05, 4.69) is 10.1 Å². The van der Waals surface area contributed by atoms with Crippen molar-refractivity contribution in [3.8, 4) is 10.6 Å². The maximum absolute atomic E-state index is 12.8. The van der Waals surface area contributed by atoms with Crippen LogP contribution in [-0.2, 0) is 6.54 Å². The monoisotopic (exact) mass is 373 g/mol. The second-order valence-electron chi connectivity index (χ2n) is 5.33. The first kappa shape index (κ1) is 15.5. The van der Waals surface area contributed by atoms with Gasteiger partial charge in [0.1, 0.15) is 5.69 Å². The van der Waals surface area contributed by atoms with Crippen LogP contribution in [0, 0.1) is 6.92 Å². The highest BCUT2D eigenvalue weighted by atomic mass is 35.5. The van der Waals surface area contributed by atoms with Gasteiger partial charge in [0.05, 0.1) is 21.1 Å². The zero-order valence-electron chi connectivity index (χ0n) is 12.7. The molecule has 0 atom stereocenters. The smallest absolute Gasteiger partial charge is 0.265 e. The van der Waals surface area contributed by atoms with Gasteiger partial charge in [-0.3, -0.25) is 4.79 Å². The van der Waals surface area contributed by atoms with E-state index >= 15 is 0 Å². The molecule has 4 rings (SSSR count). The molecule has 0 radical (unpaired) electrons. The first-order valence-corrected chi connectivity index (χ1v) is 9.36. The predicted molar refractivity (Wildman–Crippen MR) is 100 cm³/mol. The summed E-state index contributed by atoms with van der Waals surface area (Å²) in [6, 6.07) is 11.4. The molecule has 4 aromatic rings. The van der Waals surface area contributed by atoms with E-state index in [1.165, 1.54) is 16.0 Å². The standard InChI is InChI=1S/C17H12ClN3OS2/c1-10-19-15-16(24-10)14(13-3-2-8-23-13)20-21(17(15)22)9-11-4-6-12(18)7-5-11/h2-8H,9H2,1H3. The van der Waals surface area contributed by atoms with Crippen LogP contribution in [0.25, 0.3) is 20.8 Å². The van der Waals surface area contributed by atoms with Crippen molar-refractivity contribution >= 4 is 44.5 Å². The molecule has 0 aliphatic rings. The molecule has 7 heteroatoms. The Morgan fingerprint density at radius 2 is 2.00 bits per heavy atom. The van der Waals surface area contributed by atoms with Gasteiger partial charge < -0.3 is 0 Å². The molecule has 4 nitrogen and oxygen atoms in total. The molecule has 0 unspecified atom stereocenters. The summed E-state index contributed by atoms with van der Waals surface area (Å²) in [4.78, 5) is 18.2. The van der Waals surface area contributed by atoms with E-state index in [1.54, 1.807) is 11.3 Å². The molecule has 0 fully saturated rings. The summed E-state index contributed by atoms with van der Waals surface area (Å²) in [5, 5.41) is 8.17. The number of thiazole rings is 1. The number of aryl methyl sites for hydroxylation is 1. The molecule has 0 aliphatic carbocycles. The molecule has 0 saturated heterocycles. The van der Waals surface area contributed by atoms with Crippen LogP contribution < -0.4 is 5.56 Å². The lowest BCUT2D eigenvalue weighted by Crippen LogP contribution is -2.24. The summed E-state index contributed by atoms with van der Waals surface area (Å²) in [7, 11) is 0. The van der Waals surface area contributed by atoms with Crippen molar-refractivity contribution in [1.29, 1.82) is 0 Å². The molecule has 1 aromatic carbocycles. The van der Waals surface area contributed by atoms with E-state index < -0.39 is 0 Å². The maximum atomic E-state index is 12.8. The van der Waals surface area contributed by atoms with E-state index in [0.717, 1.165) is 25.8 Å². The van der Waals surface area contributed by atoms with Crippen LogP contribution >= 0.6 is 34.3 Å². The molecule has 0 bridgehead atoms. The molecular formula is C17H12ClN3OS2. The molecular weight excluding hydrogens is 362 g/mol. The summed E-state index contributed by atoms with van der Waals surface area (Å²) in [6.45, 7) is 2.30. The highest BCUT2D eigenvalue weighted by Gasteiger charge is 2.17. The molecule has 0 aliphatic heterocycles. The van der Waals surface area contributed by atoms with Gasteiger partial charge in [-0.15, -0.1) is 22.7 Å². The van der Waals surface area contributed by atoms with Gasteiger partial charge in [0, 0.05) is 5.02 Å². The van der Waals surface area contributed by atoms with Gasteiger partial charge in [0.25, 0.3) is 5.56 Å². The summed E-state index contributed by atoms with van der Waals surface area (Å²) in [5.74, 6) is 0. The SMILES string of the molecule is Cc1nc2c(=O)n(Cc3ccc(Cl)cc3)nc(-c3cccs3)c2s1. The van der Waals surface area contributed by atoms with Crippen LogP contribution in [0.5, 0.6) is 0 Å². The number of rotatable bonds is 3. The number of fused-ring (bicyclic) bond motifs is 1. The van der Waals surface area contributed by atoms with Gasteiger partial charge in [-0.05, 0) is 36.1 Å². The van der Waals surface area contributed by atoms with Gasteiger partial charge in [-0.25, -0.2) is 9.67 Å². The zero-order chi connectivity index (χ0) is 16.7. The van der Waals surface area contributed by atoms with Crippen molar-refractivity contribution in [2.75, 3.05) is 0 Å². The summed E-state index contributed by atoms with van der Waals surface area (Å²) < 4.78 is 2.34. The number of benzene rings is 1. The quantitative estimate of drug-likeness (QED) is 0.527. The second-order valence-corrected chi connectivity index (χ2v) is 7.91. The second kappa shape index (κ2) is 6.12. The number of hydrogen-bond donors (Lipinski definition) is 0. The van der Waals surface area contributed by atoms with Crippen LogP contribution in [0.4, 0.5) is 0 Å². The van der Waals surface area contributed by atoms with Crippen LogP contribution in [0.3, 0.4) is 0 Å². The summed E-state index contributed by atoms with van der Waals surface area (Å²) >= 11 is 9.05. The fourth-order valence-corrected chi connectivity index (χ4v) is 4.33. The lowest BCUT2D eigenvalue weighted by atomic mass is 10.2. The highest BCUT2D eigenvalue weighted by molar-refractivity contribution is 7.20. The van der Waals surface area contributed by atoms with E-state index in [9.17, 15) is 4.79 Å². The van der Waals surface area contributed by atoms with Crippen molar-refractivity contribution in [1.82, 2.24) is 14.8 Å². The fourth-order valence-electron chi connectivity index (χ4n) is 2.51. The van der Waals surface area contributed by atoms with E-state index in [-0.39, 0.29) is 5.56 Å². The van der Waals surface area contributed by atoms with Crippen molar-refractivity contribution in [3.63, 3.8) is 0 Å². The molecule has 0 amide bonds. The predicted octanol–water partition coefficient (Wildman–Crippen LogP) is 4.59. The highest BCUT2D eigenvalue weighted by Crippen LogP contribution is 2.32. The molecule has 0 spiro atoms. The third-order valence-electron chi connectivity index (χ3n) is 3.61. The minimum atomic E-state index is -0.162. The lowest BCUT2D eigenvalue weighted by molar-refractivity contribution is 0.650. The number of thiophene rings is 1. The molecule has 24 heavy (non-hydrogen) atoms. The third kappa shape index (κ3) is 2.77. The normalized spacial score (nSPS) is 11.2. The largest absolute Gasteiger partial charge is 0.294 e. The summed E-state index contributed by atoms with van der Waals surface area (Å²) in [6.07, 6.45) is 0. The van der Waals surface area contributed by atoms with Gasteiger partial charge in [0.15, 0.2) is 5.52 Å². The molecule has 120 valence electrons. The summed E-state index contributed by atoms with van der Waals surface area (Å²) in [5.41, 5.74) is 2.12. The van der Waals surface area contributed by atoms with Crippen molar-refractivity contribution in [2.24, 2.45) is 0 Å². The van der Waals surface area contributed by atoms with Crippen LogP contribution in [-0.4, -0.2) is 14.8 Å². The Balaban J connectivity index is 1.91. The van der Waals surface area contributed by atoms with Crippen LogP contribution in [0.15, 0.2) is 46.6 Å². The average molecular weight is 374 g/mol. The number of nitrogens with zero attached hydrogens (tertiary/aromatic N) is 3. The molecule has 0 saturated carbocycles. The number of hydrogen-bond acceptors (Lipinski definition) is 5. The Hall–Kier alpha value is -2.02. The Morgan fingerprint density at radius 1 is 1.21 bits per heavy atom. The fraction of sp³-hybridized carbons (Fsp3) is 0.118.